The minimum Gasteiger partial charge on any atom is -0.326 e. The van der Waals surface area contributed by atoms with Crippen molar-refractivity contribution in [3.8, 4) is 0 Å². The lowest BCUT2D eigenvalue weighted by Crippen LogP contribution is -2.48. The maximum Gasteiger partial charge on any atom is 0.0194 e. The molecule has 0 bridgehead atoms. The van der Waals surface area contributed by atoms with Gasteiger partial charge in [-0.3, -0.25) is 0 Å². The van der Waals surface area contributed by atoms with E-state index < -0.39 is 0 Å². The van der Waals surface area contributed by atoms with Crippen LogP contribution in [-0.4, -0.2) is 36.3 Å². The molecular formula is C15H24N2S. The Bertz CT molecular complexity index is 363. The molecule has 0 aromatic heterocycles. The van der Waals surface area contributed by atoms with Crippen molar-refractivity contribution >= 4 is 11.8 Å². The summed E-state index contributed by atoms with van der Waals surface area (Å²) in [5.41, 5.74) is 7.45. The molecular weight excluding hydrogens is 240 g/mol. The number of piperidine rings is 1. The molecule has 1 aliphatic rings. The van der Waals surface area contributed by atoms with E-state index in [1.807, 2.05) is 11.8 Å². The van der Waals surface area contributed by atoms with Gasteiger partial charge in [0.1, 0.15) is 0 Å². The Hall–Kier alpha value is -0.510. The van der Waals surface area contributed by atoms with E-state index in [-0.39, 0.29) is 0 Å². The quantitative estimate of drug-likeness (QED) is 0.848. The van der Waals surface area contributed by atoms with Crippen LogP contribution in [0.2, 0.25) is 0 Å². The minimum atomic E-state index is 0.364. The molecule has 0 aliphatic carbocycles. The summed E-state index contributed by atoms with van der Waals surface area (Å²) in [6.45, 7) is 7.83. The number of benzene rings is 1. The average molecular weight is 264 g/mol. The van der Waals surface area contributed by atoms with Crippen LogP contribution in [0.25, 0.3) is 0 Å². The highest BCUT2D eigenvalue weighted by Gasteiger charge is 2.22. The average Bonchev–Trinajstić information content (AvgIpc) is 2.36. The van der Waals surface area contributed by atoms with Crippen molar-refractivity contribution in [1.82, 2.24) is 4.90 Å². The fourth-order valence-corrected chi connectivity index (χ4v) is 3.21. The number of rotatable bonds is 4. The SMILES string of the molecule is Cc1ccc(SCCN2CCC(C)C(N)C2)cc1. The number of nitrogens with two attached hydrogens (primary N) is 1. The first-order chi connectivity index (χ1) is 8.65. The van der Waals surface area contributed by atoms with Gasteiger partial charge in [-0.2, -0.15) is 0 Å². The van der Waals surface area contributed by atoms with Crippen LogP contribution in [0.1, 0.15) is 18.9 Å². The molecule has 2 rings (SSSR count). The lowest BCUT2D eigenvalue weighted by atomic mass is 9.94. The first kappa shape index (κ1) is 13.9. The molecule has 0 radical (unpaired) electrons. The van der Waals surface area contributed by atoms with Crippen molar-refractivity contribution in [3.63, 3.8) is 0 Å². The van der Waals surface area contributed by atoms with Gasteiger partial charge >= 0.3 is 0 Å². The van der Waals surface area contributed by atoms with Crippen LogP contribution in [0, 0.1) is 12.8 Å². The number of hydrogen-bond donors (Lipinski definition) is 1. The van der Waals surface area contributed by atoms with Gasteiger partial charge < -0.3 is 10.6 Å². The number of likely N-dealkylation sites (tertiary alicyclic amines) is 1. The van der Waals surface area contributed by atoms with Crippen molar-refractivity contribution in [3.05, 3.63) is 29.8 Å². The summed E-state index contributed by atoms with van der Waals surface area (Å²) < 4.78 is 0. The Morgan fingerprint density at radius 1 is 1.33 bits per heavy atom. The Balaban J connectivity index is 1.71. The van der Waals surface area contributed by atoms with Gasteiger partial charge in [-0.1, -0.05) is 24.6 Å². The summed E-state index contributed by atoms with van der Waals surface area (Å²) in [6.07, 6.45) is 1.25. The normalized spacial score (nSPS) is 25.3. The molecule has 1 aromatic carbocycles. The maximum atomic E-state index is 6.12. The standard InChI is InChI=1S/C15H24N2S/c1-12-3-5-14(6-4-12)18-10-9-17-8-7-13(2)15(16)11-17/h3-6,13,15H,7-11,16H2,1-2H3. The molecule has 3 heteroatoms. The van der Waals surface area contributed by atoms with Gasteiger partial charge in [0.15, 0.2) is 0 Å². The molecule has 0 spiro atoms. The van der Waals surface area contributed by atoms with Crippen LogP contribution in [-0.2, 0) is 0 Å². The van der Waals surface area contributed by atoms with Gasteiger partial charge in [0.2, 0.25) is 0 Å². The Kier molecular flexibility index (Phi) is 5.10. The first-order valence-corrected chi connectivity index (χ1v) is 7.81. The zero-order chi connectivity index (χ0) is 13.0. The first-order valence-electron chi connectivity index (χ1n) is 6.82. The summed E-state index contributed by atoms with van der Waals surface area (Å²) in [5.74, 6) is 1.84. The highest BCUT2D eigenvalue weighted by Crippen LogP contribution is 2.20. The molecule has 2 unspecified atom stereocenters. The van der Waals surface area contributed by atoms with E-state index in [9.17, 15) is 0 Å². The van der Waals surface area contributed by atoms with E-state index in [4.69, 9.17) is 5.73 Å². The largest absolute Gasteiger partial charge is 0.326 e. The fourth-order valence-electron chi connectivity index (χ4n) is 2.30. The van der Waals surface area contributed by atoms with Crippen molar-refractivity contribution in [2.24, 2.45) is 11.7 Å². The Morgan fingerprint density at radius 3 is 2.72 bits per heavy atom. The third kappa shape index (κ3) is 4.01. The van der Waals surface area contributed by atoms with E-state index in [1.54, 1.807) is 0 Å². The second-order valence-electron chi connectivity index (χ2n) is 5.39. The highest BCUT2D eigenvalue weighted by molar-refractivity contribution is 7.99. The van der Waals surface area contributed by atoms with Crippen LogP contribution in [0.15, 0.2) is 29.2 Å². The van der Waals surface area contributed by atoms with Gasteiger partial charge in [-0.05, 0) is 37.9 Å². The predicted octanol–water partition coefficient (Wildman–Crippen LogP) is 2.76. The predicted molar refractivity (Wildman–Crippen MR) is 80.1 cm³/mol. The summed E-state index contributed by atoms with van der Waals surface area (Å²) in [4.78, 5) is 3.88. The number of thioether (sulfide) groups is 1. The summed E-state index contributed by atoms with van der Waals surface area (Å²) >= 11 is 1.94. The molecule has 100 valence electrons. The topological polar surface area (TPSA) is 29.3 Å². The summed E-state index contributed by atoms with van der Waals surface area (Å²) in [6, 6.07) is 9.15. The third-order valence-corrected chi connectivity index (χ3v) is 4.79. The molecule has 1 aromatic rings. The van der Waals surface area contributed by atoms with E-state index >= 15 is 0 Å². The van der Waals surface area contributed by atoms with Gasteiger partial charge in [0.05, 0.1) is 0 Å². The molecule has 0 saturated carbocycles. The second kappa shape index (κ2) is 6.60. The number of nitrogens with zero attached hydrogens (tertiary/aromatic N) is 1. The van der Waals surface area contributed by atoms with Crippen molar-refractivity contribution < 1.29 is 0 Å². The molecule has 2 N–H and O–H groups in total. The lowest BCUT2D eigenvalue weighted by molar-refractivity contribution is 0.178. The van der Waals surface area contributed by atoms with Gasteiger partial charge in [-0.25, -0.2) is 0 Å². The molecule has 1 heterocycles. The summed E-state index contributed by atoms with van der Waals surface area (Å²) in [5, 5.41) is 0. The van der Waals surface area contributed by atoms with Crippen LogP contribution in [0.4, 0.5) is 0 Å². The number of aryl methyl sites for hydroxylation is 1. The van der Waals surface area contributed by atoms with Gasteiger partial charge in [0, 0.05) is 29.8 Å². The number of hydrogen-bond acceptors (Lipinski definition) is 3. The Morgan fingerprint density at radius 2 is 2.06 bits per heavy atom. The third-order valence-electron chi connectivity index (χ3n) is 3.80. The summed E-state index contributed by atoms with van der Waals surface area (Å²) in [7, 11) is 0. The highest BCUT2D eigenvalue weighted by atomic mass is 32.2. The monoisotopic (exact) mass is 264 g/mol. The molecule has 18 heavy (non-hydrogen) atoms. The van der Waals surface area contributed by atoms with E-state index in [0.717, 1.165) is 18.8 Å². The van der Waals surface area contributed by atoms with Crippen LogP contribution in [0.3, 0.4) is 0 Å². The minimum absolute atomic E-state index is 0.364. The Labute approximate surface area is 115 Å². The van der Waals surface area contributed by atoms with Crippen LogP contribution >= 0.6 is 11.8 Å². The smallest absolute Gasteiger partial charge is 0.0194 e. The zero-order valence-corrected chi connectivity index (χ0v) is 12.2. The van der Waals surface area contributed by atoms with Gasteiger partial charge in [0.25, 0.3) is 0 Å². The fraction of sp³-hybridized carbons (Fsp3) is 0.600. The molecule has 1 fully saturated rings. The molecule has 1 saturated heterocycles. The van der Waals surface area contributed by atoms with Crippen molar-refractivity contribution in [2.45, 2.75) is 31.2 Å². The molecule has 2 atom stereocenters. The molecule has 2 nitrogen and oxygen atoms in total. The van der Waals surface area contributed by atoms with Crippen LogP contribution < -0.4 is 5.73 Å². The van der Waals surface area contributed by atoms with E-state index in [0.29, 0.717) is 12.0 Å². The van der Waals surface area contributed by atoms with Crippen LogP contribution in [0.5, 0.6) is 0 Å². The van der Waals surface area contributed by atoms with Gasteiger partial charge in [-0.15, -0.1) is 11.8 Å². The van der Waals surface area contributed by atoms with E-state index in [1.165, 1.54) is 23.4 Å². The zero-order valence-electron chi connectivity index (χ0n) is 11.4. The lowest BCUT2D eigenvalue weighted by Gasteiger charge is -2.34. The maximum absolute atomic E-state index is 6.12. The van der Waals surface area contributed by atoms with Crippen molar-refractivity contribution in [1.29, 1.82) is 0 Å². The second-order valence-corrected chi connectivity index (χ2v) is 6.56. The molecule has 0 amide bonds. The van der Waals surface area contributed by atoms with Crippen molar-refractivity contribution in [2.75, 3.05) is 25.4 Å². The van der Waals surface area contributed by atoms with E-state index in [2.05, 4.69) is 43.0 Å². The molecule has 1 aliphatic heterocycles.